The van der Waals surface area contributed by atoms with Gasteiger partial charge in [-0.2, -0.15) is 0 Å². The summed E-state index contributed by atoms with van der Waals surface area (Å²) in [6.45, 7) is 1.92. The molecule has 14 heavy (non-hydrogen) atoms. The molecular formula is C10H12ClNOS. The van der Waals surface area contributed by atoms with Crippen molar-refractivity contribution in [2.45, 2.75) is 19.4 Å². The second-order valence-electron chi connectivity index (χ2n) is 3.06. The molecule has 2 nitrogen and oxygen atoms in total. The molecule has 0 amide bonds. The lowest BCUT2D eigenvalue weighted by Gasteiger charge is -2.13. The van der Waals surface area contributed by atoms with Gasteiger partial charge in [0.2, 0.25) is 0 Å². The van der Waals surface area contributed by atoms with E-state index in [0.29, 0.717) is 16.4 Å². The molecule has 2 N–H and O–H groups in total. The first-order valence-electron chi connectivity index (χ1n) is 4.28. The Morgan fingerprint density at radius 2 is 2.36 bits per heavy atom. The van der Waals surface area contributed by atoms with Gasteiger partial charge in [0.1, 0.15) is 11.9 Å². The summed E-state index contributed by atoms with van der Waals surface area (Å²) in [6.07, 6.45) is 0.549. The van der Waals surface area contributed by atoms with Gasteiger partial charge in [-0.15, -0.1) is 0 Å². The third-order valence-corrected chi connectivity index (χ3v) is 2.02. The van der Waals surface area contributed by atoms with Crippen molar-refractivity contribution in [3.8, 4) is 5.75 Å². The molecular weight excluding hydrogens is 218 g/mol. The number of hydrogen-bond acceptors (Lipinski definition) is 2. The molecule has 1 rings (SSSR count). The molecule has 0 fully saturated rings. The van der Waals surface area contributed by atoms with E-state index in [1.54, 1.807) is 12.1 Å². The zero-order valence-electron chi connectivity index (χ0n) is 7.87. The first-order chi connectivity index (χ1) is 6.58. The number of halogens is 1. The quantitative estimate of drug-likeness (QED) is 0.807. The highest BCUT2D eigenvalue weighted by atomic mass is 35.5. The zero-order valence-corrected chi connectivity index (χ0v) is 9.44. The third-order valence-electron chi connectivity index (χ3n) is 1.62. The molecule has 0 aliphatic carbocycles. The summed E-state index contributed by atoms with van der Waals surface area (Å²) in [6, 6.07) is 7.25. The molecule has 0 saturated heterocycles. The minimum absolute atomic E-state index is 0.0223. The Kier molecular flexibility index (Phi) is 4.17. The highest BCUT2D eigenvalue weighted by Gasteiger charge is 2.05. The van der Waals surface area contributed by atoms with Crippen molar-refractivity contribution in [3.63, 3.8) is 0 Å². The van der Waals surface area contributed by atoms with Crippen LogP contribution in [-0.2, 0) is 0 Å². The van der Waals surface area contributed by atoms with Crippen LogP contribution in [0.1, 0.15) is 13.3 Å². The fourth-order valence-electron chi connectivity index (χ4n) is 1.10. The first kappa shape index (κ1) is 11.3. The molecule has 0 aliphatic rings. The van der Waals surface area contributed by atoms with Crippen LogP contribution in [0, 0.1) is 0 Å². The maximum atomic E-state index is 5.80. The lowest BCUT2D eigenvalue weighted by atomic mass is 10.3. The van der Waals surface area contributed by atoms with Crippen molar-refractivity contribution in [3.05, 3.63) is 29.3 Å². The topological polar surface area (TPSA) is 35.2 Å². The minimum Gasteiger partial charge on any atom is -0.490 e. The molecule has 0 aromatic heterocycles. The number of nitrogens with two attached hydrogens (primary N) is 1. The third kappa shape index (κ3) is 3.94. The van der Waals surface area contributed by atoms with Gasteiger partial charge in [0, 0.05) is 11.4 Å². The standard InChI is InChI=1S/C10H12ClNOS/c1-7(5-10(12)14)13-9-4-2-3-8(11)6-9/h2-4,6-7H,5H2,1H3,(H2,12,14). The molecule has 0 spiro atoms. The van der Waals surface area contributed by atoms with Crippen LogP contribution in [-0.4, -0.2) is 11.1 Å². The van der Waals surface area contributed by atoms with Crippen LogP contribution in [0.25, 0.3) is 0 Å². The van der Waals surface area contributed by atoms with Crippen LogP contribution in [0.4, 0.5) is 0 Å². The van der Waals surface area contributed by atoms with Crippen LogP contribution in [0.15, 0.2) is 24.3 Å². The maximum Gasteiger partial charge on any atom is 0.121 e. The van der Waals surface area contributed by atoms with E-state index in [1.807, 2.05) is 19.1 Å². The van der Waals surface area contributed by atoms with Crippen molar-refractivity contribution in [2.24, 2.45) is 5.73 Å². The highest BCUT2D eigenvalue weighted by Crippen LogP contribution is 2.18. The predicted octanol–water partition coefficient (Wildman–Crippen LogP) is 2.78. The Labute approximate surface area is 94.0 Å². The van der Waals surface area contributed by atoms with Crippen molar-refractivity contribution >= 4 is 28.8 Å². The summed E-state index contributed by atoms with van der Waals surface area (Å²) >= 11 is 10.6. The SMILES string of the molecule is CC(CC(N)=S)Oc1cccc(Cl)c1. The van der Waals surface area contributed by atoms with Crippen molar-refractivity contribution < 1.29 is 4.74 Å². The summed E-state index contributed by atoms with van der Waals surface area (Å²) in [5.41, 5.74) is 5.40. The Morgan fingerprint density at radius 1 is 1.64 bits per heavy atom. The summed E-state index contributed by atoms with van der Waals surface area (Å²) < 4.78 is 5.55. The van der Waals surface area contributed by atoms with Crippen LogP contribution >= 0.6 is 23.8 Å². The van der Waals surface area contributed by atoms with Gasteiger partial charge in [0.15, 0.2) is 0 Å². The van der Waals surface area contributed by atoms with Crippen LogP contribution in [0.5, 0.6) is 5.75 Å². The van der Waals surface area contributed by atoms with Crippen molar-refractivity contribution in [2.75, 3.05) is 0 Å². The summed E-state index contributed by atoms with van der Waals surface area (Å²) in [4.78, 5) is 0.458. The average Bonchev–Trinajstić information content (AvgIpc) is 2.01. The normalized spacial score (nSPS) is 12.1. The van der Waals surface area contributed by atoms with Gasteiger partial charge in [-0.3, -0.25) is 0 Å². The Bertz CT molecular complexity index is 330. The van der Waals surface area contributed by atoms with Gasteiger partial charge >= 0.3 is 0 Å². The molecule has 0 aliphatic heterocycles. The van der Waals surface area contributed by atoms with E-state index in [1.165, 1.54) is 0 Å². The first-order valence-corrected chi connectivity index (χ1v) is 5.07. The van der Waals surface area contributed by atoms with Crippen LogP contribution in [0.3, 0.4) is 0 Å². The number of thiocarbonyl (C=S) groups is 1. The van der Waals surface area contributed by atoms with E-state index in [2.05, 4.69) is 0 Å². The summed E-state index contributed by atoms with van der Waals surface area (Å²) in [5.74, 6) is 0.737. The van der Waals surface area contributed by atoms with E-state index >= 15 is 0 Å². The zero-order chi connectivity index (χ0) is 10.6. The lowest BCUT2D eigenvalue weighted by Crippen LogP contribution is -2.20. The average molecular weight is 230 g/mol. The Hall–Kier alpha value is -0.800. The van der Waals surface area contributed by atoms with Gasteiger partial charge in [-0.05, 0) is 25.1 Å². The van der Waals surface area contributed by atoms with Crippen molar-refractivity contribution in [1.82, 2.24) is 0 Å². The van der Waals surface area contributed by atoms with E-state index in [9.17, 15) is 0 Å². The Balaban J connectivity index is 2.55. The largest absolute Gasteiger partial charge is 0.490 e. The molecule has 0 bridgehead atoms. The number of ether oxygens (including phenoxy) is 1. The molecule has 1 atom stereocenters. The summed E-state index contributed by atoms with van der Waals surface area (Å²) in [5, 5.41) is 0.657. The predicted molar refractivity (Wildman–Crippen MR) is 62.9 cm³/mol. The fraction of sp³-hybridized carbons (Fsp3) is 0.300. The molecule has 76 valence electrons. The molecule has 0 heterocycles. The molecule has 1 unspecified atom stereocenters. The van der Waals surface area contributed by atoms with Crippen LogP contribution < -0.4 is 10.5 Å². The van der Waals surface area contributed by atoms with E-state index in [4.69, 9.17) is 34.3 Å². The van der Waals surface area contributed by atoms with Crippen molar-refractivity contribution in [1.29, 1.82) is 0 Å². The number of benzene rings is 1. The van der Waals surface area contributed by atoms with Gasteiger partial charge in [-0.1, -0.05) is 29.9 Å². The smallest absolute Gasteiger partial charge is 0.121 e. The number of rotatable bonds is 4. The molecule has 1 aromatic carbocycles. The Morgan fingerprint density at radius 3 is 2.93 bits per heavy atom. The minimum atomic E-state index is -0.0223. The van der Waals surface area contributed by atoms with E-state index < -0.39 is 0 Å². The highest BCUT2D eigenvalue weighted by molar-refractivity contribution is 7.80. The van der Waals surface area contributed by atoms with Gasteiger partial charge in [-0.25, -0.2) is 0 Å². The maximum absolute atomic E-state index is 5.80. The molecule has 0 radical (unpaired) electrons. The monoisotopic (exact) mass is 229 g/mol. The number of hydrogen-bond donors (Lipinski definition) is 1. The van der Waals surface area contributed by atoms with Gasteiger partial charge < -0.3 is 10.5 Å². The second kappa shape index (κ2) is 5.17. The van der Waals surface area contributed by atoms with Crippen LogP contribution in [0.2, 0.25) is 5.02 Å². The lowest BCUT2D eigenvalue weighted by molar-refractivity contribution is 0.230. The van der Waals surface area contributed by atoms with Gasteiger partial charge in [0.25, 0.3) is 0 Å². The second-order valence-corrected chi connectivity index (χ2v) is 4.02. The van der Waals surface area contributed by atoms with Gasteiger partial charge in [0.05, 0.1) is 4.99 Å². The van der Waals surface area contributed by atoms with E-state index in [0.717, 1.165) is 5.75 Å². The molecule has 4 heteroatoms. The summed E-state index contributed by atoms with van der Waals surface area (Å²) in [7, 11) is 0. The van der Waals surface area contributed by atoms with E-state index in [-0.39, 0.29) is 6.10 Å². The molecule has 0 saturated carbocycles. The molecule has 1 aromatic rings. The fourth-order valence-corrected chi connectivity index (χ4v) is 1.51.